The maximum Gasteiger partial charge on any atom is 0.310 e. The quantitative estimate of drug-likeness (QED) is 0.628. The summed E-state index contributed by atoms with van der Waals surface area (Å²) in [6, 6.07) is 3.77. The number of esters is 1. The van der Waals surface area contributed by atoms with Gasteiger partial charge in [-0.3, -0.25) is 9.89 Å². The van der Waals surface area contributed by atoms with Crippen molar-refractivity contribution >= 4 is 16.9 Å². The summed E-state index contributed by atoms with van der Waals surface area (Å²) in [4.78, 5) is 11.3. The van der Waals surface area contributed by atoms with Crippen LogP contribution >= 0.6 is 0 Å². The lowest BCUT2D eigenvalue weighted by atomic mass is 10.0. The zero-order chi connectivity index (χ0) is 12.3. The molecule has 0 amide bonds. The molecule has 0 aliphatic carbocycles. The van der Waals surface area contributed by atoms with Crippen LogP contribution in [-0.4, -0.2) is 23.3 Å². The molecule has 0 aliphatic heterocycles. The minimum Gasteiger partial charge on any atom is -0.469 e. The highest BCUT2D eigenvalue weighted by atomic mass is 16.5. The van der Waals surface area contributed by atoms with Crippen LogP contribution in [0.5, 0.6) is 0 Å². The second kappa shape index (κ2) is 4.71. The molecule has 0 bridgehead atoms. The van der Waals surface area contributed by atoms with Crippen LogP contribution in [0.3, 0.4) is 0 Å². The van der Waals surface area contributed by atoms with E-state index in [9.17, 15) is 4.79 Å². The van der Waals surface area contributed by atoms with E-state index in [1.54, 1.807) is 13.1 Å². The van der Waals surface area contributed by atoms with Crippen molar-refractivity contribution in [2.24, 2.45) is 0 Å². The number of ether oxygens (including phenoxy) is 1. The van der Waals surface area contributed by atoms with Crippen LogP contribution in [-0.2, 0) is 16.0 Å². The van der Waals surface area contributed by atoms with Gasteiger partial charge in [0.25, 0.3) is 0 Å². The van der Waals surface area contributed by atoms with Gasteiger partial charge >= 0.3 is 5.97 Å². The molecule has 86 valence electrons. The number of fused-ring (bicyclic) bond motifs is 1. The van der Waals surface area contributed by atoms with E-state index in [4.69, 9.17) is 0 Å². The average molecular weight is 228 g/mol. The Morgan fingerprint density at radius 2 is 2.35 bits per heavy atom. The molecular formula is C13H12N2O2. The Kier molecular flexibility index (Phi) is 3.10. The van der Waals surface area contributed by atoms with Crippen molar-refractivity contribution in [3.05, 3.63) is 29.5 Å². The van der Waals surface area contributed by atoms with Gasteiger partial charge in [-0.05, 0) is 18.6 Å². The van der Waals surface area contributed by atoms with Crippen LogP contribution in [0.4, 0.5) is 0 Å². The summed E-state index contributed by atoms with van der Waals surface area (Å²) < 4.78 is 4.66. The lowest BCUT2D eigenvalue weighted by Crippen LogP contribution is -2.05. The number of hydrogen-bond donors (Lipinski definition) is 1. The van der Waals surface area contributed by atoms with Crippen molar-refractivity contribution < 1.29 is 9.53 Å². The molecule has 2 aromatic rings. The van der Waals surface area contributed by atoms with Crippen LogP contribution < -0.4 is 0 Å². The molecule has 0 saturated carbocycles. The fourth-order valence-corrected chi connectivity index (χ4v) is 1.71. The number of methoxy groups -OCH3 is 1. The van der Waals surface area contributed by atoms with E-state index in [0.29, 0.717) is 0 Å². The first-order valence-electron chi connectivity index (χ1n) is 5.20. The SMILES string of the molecule is CC#Cc1ccc(CC(=O)OC)c2[nH]ncc12. The lowest BCUT2D eigenvalue weighted by molar-refractivity contribution is -0.139. The van der Waals surface area contributed by atoms with Crippen molar-refractivity contribution in [3.8, 4) is 11.8 Å². The molecule has 1 N–H and O–H groups in total. The fraction of sp³-hybridized carbons (Fsp3) is 0.231. The molecule has 0 fully saturated rings. The summed E-state index contributed by atoms with van der Waals surface area (Å²) in [6.45, 7) is 1.79. The van der Waals surface area contributed by atoms with E-state index in [0.717, 1.165) is 22.0 Å². The summed E-state index contributed by atoms with van der Waals surface area (Å²) >= 11 is 0. The number of nitrogens with one attached hydrogen (secondary N) is 1. The Hall–Kier alpha value is -2.28. The number of nitrogens with zero attached hydrogens (tertiary/aromatic N) is 1. The van der Waals surface area contributed by atoms with Gasteiger partial charge in [-0.15, -0.1) is 5.92 Å². The smallest absolute Gasteiger partial charge is 0.310 e. The molecule has 0 saturated heterocycles. The number of benzene rings is 1. The van der Waals surface area contributed by atoms with Crippen molar-refractivity contribution in [1.29, 1.82) is 0 Å². The van der Waals surface area contributed by atoms with Gasteiger partial charge in [0.15, 0.2) is 0 Å². The fourth-order valence-electron chi connectivity index (χ4n) is 1.71. The monoisotopic (exact) mass is 228 g/mol. The van der Waals surface area contributed by atoms with Gasteiger partial charge in [0, 0.05) is 10.9 Å². The summed E-state index contributed by atoms with van der Waals surface area (Å²) in [5, 5.41) is 7.82. The Morgan fingerprint density at radius 3 is 3.06 bits per heavy atom. The number of hydrogen-bond acceptors (Lipinski definition) is 3. The third kappa shape index (κ3) is 2.13. The van der Waals surface area contributed by atoms with Gasteiger partial charge < -0.3 is 4.74 Å². The second-order valence-corrected chi connectivity index (χ2v) is 3.56. The van der Waals surface area contributed by atoms with Gasteiger partial charge in [-0.2, -0.15) is 5.10 Å². The molecular weight excluding hydrogens is 216 g/mol. The summed E-state index contributed by atoms with van der Waals surface area (Å²) in [5.74, 6) is 5.59. The van der Waals surface area contributed by atoms with Gasteiger partial charge in [0.1, 0.15) is 0 Å². The first kappa shape index (κ1) is 11.2. The summed E-state index contributed by atoms with van der Waals surface area (Å²) in [6.07, 6.45) is 1.95. The minimum atomic E-state index is -0.268. The number of H-pyrrole nitrogens is 1. The molecule has 1 heterocycles. The highest BCUT2D eigenvalue weighted by Crippen LogP contribution is 2.20. The predicted octanol–water partition coefficient (Wildman–Crippen LogP) is 1.65. The van der Waals surface area contributed by atoms with E-state index >= 15 is 0 Å². The van der Waals surface area contributed by atoms with Crippen molar-refractivity contribution in [1.82, 2.24) is 10.2 Å². The Bertz CT molecular complexity index is 617. The molecule has 0 spiro atoms. The molecule has 4 heteroatoms. The van der Waals surface area contributed by atoms with Crippen molar-refractivity contribution in [2.45, 2.75) is 13.3 Å². The molecule has 2 rings (SSSR count). The van der Waals surface area contributed by atoms with Gasteiger partial charge in [0.05, 0.1) is 25.2 Å². The number of aromatic amines is 1. The maximum absolute atomic E-state index is 11.3. The van der Waals surface area contributed by atoms with E-state index in [2.05, 4.69) is 26.8 Å². The molecule has 17 heavy (non-hydrogen) atoms. The third-order valence-corrected chi connectivity index (χ3v) is 2.52. The van der Waals surface area contributed by atoms with Crippen LogP contribution in [0.15, 0.2) is 18.3 Å². The predicted molar refractivity (Wildman–Crippen MR) is 64.4 cm³/mol. The summed E-state index contributed by atoms with van der Waals surface area (Å²) in [7, 11) is 1.38. The van der Waals surface area contributed by atoms with E-state index in [1.807, 2.05) is 12.1 Å². The van der Waals surface area contributed by atoms with Gasteiger partial charge in [-0.25, -0.2) is 0 Å². The maximum atomic E-state index is 11.3. The standard InChI is InChI=1S/C13H12N2O2/c1-3-4-9-5-6-10(7-12(16)17-2)13-11(9)8-14-15-13/h5-6,8H,7H2,1-2H3,(H,14,15). The molecule has 4 nitrogen and oxygen atoms in total. The lowest BCUT2D eigenvalue weighted by Gasteiger charge is -2.03. The molecule has 0 aliphatic rings. The highest BCUT2D eigenvalue weighted by Gasteiger charge is 2.10. The molecule has 0 unspecified atom stereocenters. The van der Waals surface area contributed by atoms with Crippen LogP contribution in [0.25, 0.3) is 10.9 Å². The van der Waals surface area contributed by atoms with Crippen molar-refractivity contribution in [2.75, 3.05) is 7.11 Å². The Balaban J connectivity index is 2.52. The largest absolute Gasteiger partial charge is 0.469 e. The second-order valence-electron chi connectivity index (χ2n) is 3.56. The van der Waals surface area contributed by atoms with Crippen LogP contribution in [0, 0.1) is 11.8 Å². The molecule has 0 radical (unpaired) electrons. The number of rotatable bonds is 2. The van der Waals surface area contributed by atoms with E-state index in [1.165, 1.54) is 7.11 Å². The Morgan fingerprint density at radius 1 is 1.53 bits per heavy atom. The zero-order valence-electron chi connectivity index (χ0n) is 9.70. The molecule has 1 aromatic carbocycles. The first-order chi connectivity index (χ1) is 8.26. The molecule has 0 atom stereocenters. The van der Waals surface area contributed by atoms with Gasteiger partial charge in [0.2, 0.25) is 0 Å². The number of aromatic nitrogens is 2. The van der Waals surface area contributed by atoms with E-state index in [-0.39, 0.29) is 12.4 Å². The van der Waals surface area contributed by atoms with Crippen molar-refractivity contribution in [3.63, 3.8) is 0 Å². The normalized spacial score (nSPS) is 9.76. The highest BCUT2D eigenvalue weighted by molar-refractivity contribution is 5.89. The zero-order valence-corrected chi connectivity index (χ0v) is 9.70. The number of carbonyl (C=O) groups is 1. The average Bonchev–Trinajstić information content (AvgIpc) is 2.82. The third-order valence-electron chi connectivity index (χ3n) is 2.52. The van der Waals surface area contributed by atoms with Crippen LogP contribution in [0.1, 0.15) is 18.1 Å². The van der Waals surface area contributed by atoms with E-state index < -0.39 is 0 Å². The summed E-state index contributed by atoms with van der Waals surface area (Å²) in [5.41, 5.74) is 2.62. The van der Waals surface area contributed by atoms with Crippen LogP contribution in [0.2, 0.25) is 0 Å². The topological polar surface area (TPSA) is 55.0 Å². The number of carbonyl (C=O) groups excluding carboxylic acids is 1. The Labute approximate surface area is 99.0 Å². The first-order valence-corrected chi connectivity index (χ1v) is 5.20. The minimum absolute atomic E-state index is 0.231. The van der Waals surface area contributed by atoms with Gasteiger partial charge in [-0.1, -0.05) is 12.0 Å². The molecule has 1 aromatic heterocycles.